The fraction of sp³-hybridized carbons (Fsp3) is 0.923. The van der Waals surface area contributed by atoms with Crippen molar-refractivity contribution in [2.24, 2.45) is 11.8 Å². The normalized spacial score (nSPS) is 44.9. The minimum atomic E-state index is 0.378. The maximum Gasteiger partial charge on any atom is 0.145 e. The molecule has 0 aromatic carbocycles. The first-order chi connectivity index (χ1) is 7.33. The average molecular weight is 224 g/mol. The largest absolute Gasteiger partial charge is 0.298 e. The molecule has 0 aliphatic heterocycles. The minimum Gasteiger partial charge on any atom is -0.298 e. The molecule has 3 aliphatic rings. The summed E-state index contributed by atoms with van der Waals surface area (Å²) in [5, 5.41) is 1.22. The molecule has 2 heteroatoms. The van der Waals surface area contributed by atoms with Crippen LogP contribution in [0.2, 0.25) is 0 Å². The first-order valence-corrected chi connectivity index (χ1v) is 7.45. The molecule has 0 aromatic heterocycles. The number of ketones is 1. The van der Waals surface area contributed by atoms with Gasteiger partial charge in [0.15, 0.2) is 0 Å². The van der Waals surface area contributed by atoms with Crippen LogP contribution in [0.3, 0.4) is 0 Å². The van der Waals surface area contributed by atoms with Gasteiger partial charge in [0, 0.05) is 11.7 Å². The first kappa shape index (κ1) is 10.2. The predicted molar refractivity (Wildman–Crippen MR) is 64.1 cm³/mol. The van der Waals surface area contributed by atoms with Crippen LogP contribution in [0.15, 0.2) is 0 Å². The zero-order valence-electron chi connectivity index (χ0n) is 9.28. The number of thioether (sulfide) groups is 1. The predicted octanol–water partition coefficient (Wildman–Crippen LogP) is 3.42. The van der Waals surface area contributed by atoms with E-state index in [9.17, 15) is 4.79 Å². The lowest BCUT2D eigenvalue weighted by Crippen LogP contribution is -2.26. The molecule has 1 nitrogen and oxygen atoms in total. The number of fused-ring (bicyclic) bond motifs is 2. The number of Topliss-reactive ketones (excluding diaryl/α,β-unsaturated/α-hetero) is 1. The van der Waals surface area contributed by atoms with Gasteiger partial charge in [0.05, 0.1) is 5.25 Å². The molecule has 0 N–H and O–H groups in total. The van der Waals surface area contributed by atoms with E-state index < -0.39 is 0 Å². The molecule has 0 amide bonds. The standard InChI is InChI=1S/C13H20OS/c14-11-3-1-2-4-12(11)15-13-8-9-5-6-10(13)7-9/h9-10,12-13H,1-8H2. The van der Waals surface area contributed by atoms with E-state index in [2.05, 4.69) is 0 Å². The molecule has 0 spiro atoms. The van der Waals surface area contributed by atoms with E-state index in [0.29, 0.717) is 11.0 Å². The Hall–Kier alpha value is 0.0200. The summed E-state index contributed by atoms with van der Waals surface area (Å²) in [7, 11) is 0. The second-order valence-electron chi connectivity index (χ2n) is 5.55. The van der Waals surface area contributed by atoms with Gasteiger partial charge in [-0.1, -0.05) is 12.8 Å². The molecule has 3 aliphatic carbocycles. The SMILES string of the molecule is O=C1CCCCC1SC1CC2CCC1C2. The summed E-state index contributed by atoms with van der Waals surface area (Å²) in [6.07, 6.45) is 10.3. The highest BCUT2D eigenvalue weighted by Gasteiger charge is 2.41. The van der Waals surface area contributed by atoms with Crippen molar-refractivity contribution >= 4 is 17.5 Å². The summed E-state index contributed by atoms with van der Waals surface area (Å²) in [6.45, 7) is 0. The molecule has 15 heavy (non-hydrogen) atoms. The first-order valence-electron chi connectivity index (χ1n) is 6.51. The van der Waals surface area contributed by atoms with Crippen LogP contribution in [0.5, 0.6) is 0 Å². The van der Waals surface area contributed by atoms with Crippen LogP contribution < -0.4 is 0 Å². The third-order valence-corrected chi connectivity index (χ3v) is 6.26. The van der Waals surface area contributed by atoms with Crippen molar-refractivity contribution in [2.45, 2.75) is 61.9 Å². The molecule has 4 unspecified atom stereocenters. The quantitative estimate of drug-likeness (QED) is 0.715. The summed E-state index contributed by atoms with van der Waals surface area (Å²) >= 11 is 2.05. The fourth-order valence-electron chi connectivity index (χ4n) is 3.66. The average Bonchev–Trinajstić information content (AvgIpc) is 2.83. The number of hydrogen-bond donors (Lipinski definition) is 0. The molecule has 4 atom stereocenters. The number of rotatable bonds is 2. The van der Waals surface area contributed by atoms with Gasteiger partial charge < -0.3 is 0 Å². The lowest BCUT2D eigenvalue weighted by Gasteiger charge is -2.27. The fourth-order valence-corrected chi connectivity index (χ4v) is 5.51. The molecule has 3 saturated carbocycles. The van der Waals surface area contributed by atoms with E-state index in [1.54, 1.807) is 0 Å². The Kier molecular flexibility index (Phi) is 2.80. The summed E-state index contributed by atoms with van der Waals surface area (Å²) in [5.41, 5.74) is 0. The van der Waals surface area contributed by atoms with Crippen molar-refractivity contribution < 1.29 is 4.79 Å². The monoisotopic (exact) mass is 224 g/mol. The van der Waals surface area contributed by atoms with E-state index in [4.69, 9.17) is 0 Å². The van der Waals surface area contributed by atoms with Crippen LogP contribution in [0.1, 0.15) is 51.4 Å². The van der Waals surface area contributed by atoms with Gasteiger partial charge in [-0.05, 0) is 43.9 Å². The summed E-state index contributed by atoms with van der Waals surface area (Å²) in [6, 6.07) is 0. The molecule has 2 bridgehead atoms. The van der Waals surface area contributed by atoms with E-state index in [0.717, 1.165) is 36.3 Å². The molecule has 84 valence electrons. The van der Waals surface area contributed by atoms with Gasteiger partial charge in [-0.2, -0.15) is 0 Å². The van der Waals surface area contributed by atoms with Crippen LogP contribution in [0.25, 0.3) is 0 Å². The van der Waals surface area contributed by atoms with Gasteiger partial charge in [0.1, 0.15) is 5.78 Å². The van der Waals surface area contributed by atoms with Gasteiger partial charge >= 0.3 is 0 Å². The molecule has 0 saturated heterocycles. The Morgan fingerprint density at radius 1 is 1.07 bits per heavy atom. The maximum absolute atomic E-state index is 11.8. The van der Waals surface area contributed by atoms with Crippen molar-refractivity contribution in [2.75, 3.05) is 0 Å². The van der Waals surface area contributed by atoms with E-state index >= 15 is 0 Å². The molecule has 0 aromatic rings. The van der Waals surface area contributed by atoms with Gasteiger partial charge in [-0.15, -0.1) is 11.8 Å². The van der Waals surface area contributed by atoms with Crippen LogP contribution in [0.4, 0.5) is 0 Å². The van der Waals surface area contributed by atoms with Crippen LogP contribution >= 0.6 is 11.8 Å². The summed E-state index contributed by atoms with van der Waals surface area (Å²) in [4.78, 5) is 11.8. The Labute approximate surface area is 96.4 Å². The molecular weight excluding hydrogens is 204 g/mol. The Morgan fingerprint density at radius 2 is 2.00 bits per heavy atom. The van der Waals surface area contributed by atoms with Gasteiger partial charge in [-0.3, -0.25) is 4.79 Å². The van der Waals surface area contributed by atoms with Crippen molar-refractivity contribution in [1.82, 2.24) is 0 Å². The number of hydrogen-bond acceptors (Lipinski definition) is 2. The molecule has 0 heterocycles. The number of carbonyl (C=O) groups is 1. The van der Waals surface area contributed by atoms with Crippen molar-refractivity contribution in [3.63, 3.8) is 0 Å². The lowest BCUT2D eigenvalue weighted by atomic mass is 9.99. The molecule has 3 fully saturated rings. The lowest BCUT2D eigenvalue weighted by molar-refractivity contribution is -0.119. The highest BCUT2D eigenvalue weighted by molar-refractivity contribution is 8.01. The van der Waals surface area contributed by atoms with Gasteiger partial charge in [-0.25, -0.2) is 0 Å². The highest BCUT2D eigenvalue weighted by atomic mass is 32.2. The molecular formula is C13H20OS. The minimum absolute atomic E-state index is 0.378. The number of carbonyl (C=O) groups excluding carboxylic acids is 1. The molecule has 0 radical (unpaired) electrons. The van der Waals surface area contributed by atoms with E-state index in [-0.39, 0.29) is 0 Å². The second kappa shape index (κ2) is 4.12. The van der Waals surface area contributed by atoms with Crippen molar-refractivity contribution in [1.29, 1.82) is 0 Å². The van der Waals surface area contributed by atoms with Crippen LogP contribution in [-0.2, 0) is 4.79 Å². The Bertz CT molecular complexity index is 263. The van der Waals surface area contributed by atoms with Gasteiger partial charge in [0.25, 0.3) is 0 Å². The molecule has 3 rings (SSSR count). The van der Waals surface area contributed by atoms with E-state index in [1.165, 1.54) is 32.1 Å². The third kappa shape index (κ3) is 1.98. The van der Waals surface area contributed by atoms with Crippen LogP contribution in [-0.4, -0.2) is 16.3 Å². The zero-order valence-corrected chi connectivity index (χ0v) is 10.1. The van der Waals surface area contributed by atoms with Crippen molar-refractivity contribution in [3.05, 3.63) is 0 Å². The Morgan fingerprint density at radius 3 is 2.67 bits per heavy atom. The topological polar surface area (TPSA) is 17.1 Å². The van der Waals surface area contributed by atoms with E-state index in [1.807, 2.05) is 11.8 Å². The zero-order chi connectivity index (χ0) is 10.3. The smallest absolute Gasteiger partial charge is 0.145 e. The van der Waals surface area contributed by atoms with Crippen LogP contribution in [0, 0.1) is 11.8 Å². The van der Waals surface area contributed by atoms with Crippen molar-refractivity contribution in [3.8, 4) is 0 Å². The Balaban J connectivity index is 1.58. The van der Waals surface area contributed by atoms with Gasteiger partial charge in [0.2, 0.25) is 0 Å². The second-order valence-corrected chi connectivity index (χ2v) is 7.00. The maximum atomic E-state index is 11.8. The highest BCUT2D eigenvalue weighted by Crippen LogP contribution is 2.51. The summed E-state index contributed by atoms with van der Waals surface area (Å²) in [5.74, 6) is 2.54. The summed E-state index contributed by atoms with van der Waals surface area (Å²) < 4.78 is 0. The third-order valence-electron chi connectivity index (χ3n) is 4.51.